The average molecular weight is 367 g/mol. The Bertz CT molecular complexity index is 562. The van der Waals surface area contributed by atoms with Crippen LogP contribution in [0.5, 0.6) is 0 Å². The Morgan fingerprint density at radius 1 is 1.36 bits per heavy atom. The number of aliphatic hydroxyl groups is 1. The van der Waals surface area contributed by atoms with Gasteiger partial charge in [0.2, 0.25) is 0 Å². The van der Waals surface area contributed by atoms with Crippen molar-refractivity contribution in [3.63, 3.8) is 0 Å². The molecule has 1 heterocycles. The van der Waals surface area contributed by atoms with Gasteiger partial charge in [-0.2, -0.15) is 0 Å². The van der Waals surface area contributed by atoms with Crippen LogP contribution in [0.4, 0.5) is 0 Å². The van der Waals surface area contributed by atoms with Crippen molar-refractivity contribution in [2.75, 3.05) is 39.3 Å². The summed E-state index contributed by atoms with van der Waals surface area (Å²) in [5, 5.41) is 14.0. The number of β-amino-alcohol motifs (C(OH)–C–C–N with tert-alkyl or cyclic N) is 1. The van der Waals surface area contributed by atoms with Gasteiger partial charge in [-0.05, 0) is 38.1 Å². The zero-order valence-corrected chi connectivity index (χ0v) is 16.3. The van der Waals surface area contributed by atoms with Gasteiger partial charge in [0, 0.05) is 24.7 Å². The van der Waals surface area contributed by atoms with E-state index in [1.165, 1.54) is 0 Å². The van der Waals surface area contributed by atoms with Crippen LogP contribution in [0.2, 0.25) is 5.02 Å². The fourth-order valence-electron chi connectivity index (χ4n) is 3.35. The maximum atomic E-state index is 9.82. The standard InChI is InChI=1S/C19H31ClN4O/c1-4-21-19(24-12-11-15(25)14-24)22-13-18(23(5-2)6-3)16-9-7-8-10-17(16)20/h7-10,15,18,25H,4-6,11-14H2,1-3H3,(H,21,22)/t15-,18?/m1/s1. The van der Waals surface area contributed by atoms with Gasteiger partial charge >= 0.3 is 0 Å². The molecule has 1 aliphatic rings. The van der Waals surface area contributed by atoms with Crippen molar-refractivity contribution in [2.24, 2.45) is 4.99 Å². The summed E-state index contributed by atoms with van der Waals surface area (Å²) < 4.78 is 0. The minimum Gasteiger partial charge on any atom is -0.391 e. The summed E-state index contributed by atoms with van der Waals surface area (Å²) in [6.07, 6.45) is 0.542. The molecule has 0 aromatic heterocycles. The second-order valence-corrected chi connectivity index (χ2v) is 6.75. The lowest BCUT2D eigenvalue weighted by molar-refractivity contribution is 0.187. The largest absolute Gasteiger partial charge is 0.391 e. The summed E-state index contributed by atoms with van der Waals surface area (Å²) >= 11 is 6.47. The van der Waals surface area contributed by atoms with Gasteiger partial charge in [0.05, 0.1) is 18.7 Å². The van der Waals surface area contributed by atoms with Crippen LogP contribution in [-0.4, -0.2) is 66.2 Å². The first-order chi connectivity index (χ1) is 12.1. The number of guanidine groups is 1. The molecule has 5 nitrogen and oxygen atoms in total. The number of aliphatic hydroxyl groups excluding tert-OH is 1. The number of benzene rings is 1. The Labute approximate surface area is 156 Å². The first-order valence-electron chi connectivity index (χ1n) is 9.30. The highest BCUT2D eigenvalue weighted by Crippen LogP contribution is 2.28. The Morgan fingerprint density at radius 3 is 2.64 bits per heavy atom. The number of halogens is 1. The molecule has 2 N–H and O–H groups in total. The average Bonchev–Trinajstić information content (AvgIpc) is 3.04. The molecule has 6 heteroatoms. The predicted octanol–water partition coefficient (Wildman–Crippen LogP) is 2.76. The van der Waals surface area contributed by atoms with Crippen LogP contribution in [0.25, 0.3) is 0 Å². The molecule has 1 unspecified atom stereocenters. The molecule has 0 spiro atoms. The minimum atomic E-state index is -0.258. The zero-order chi connectivity index (χ0) is 18.2. The molecular weight excluding hydrogens is 336 g/mol. The number of likely N-dealkylation sites (tertiary alicyclic amines) is 1. The molecule has 25 heavy (non-hydrogen) atoms. The third kappa shape index (κ3) is 5.33. The number of aliphatic imine (C=N–C) groups is 1. The monoisotopic (exact) mass is 366 g/mol. The van der Waals surface area contributed by atoms with Crippen molar-refractivity contribution in [2.45, 2.75) is 39.3 Å². The minimum absolute atomic E-state index is 0.143. The lowest BCUT2D eigenvalue weighted by Crippen LogP contribution is -2.41. The van der Waals surface area contributed by atoms with E-state index in [-0.39, 0.29) is 12.1 Å². The molecule has 2 atom stereocenters. The molecule has 1 saturated heterocycles. The van der Waals surface area contributed by atoms with Crippen LogP contribution in [0, 0.1) is 0 Å². The summed E-state index contributed by atoms with van der Waals surface area (Å²) in [7, 11) is 0. The van der Waals surface area contributed by atoms with Gasteiger partial charge in [-0.15, -0.1) is 0 Å². The molecule has 1 fully saturated rings. The zero-order valence-electron chi connectivity index (χ0n) is 15.6. The van der Waals surface area contributed by atoms with Crippen LogP contribution < -0.4 is 5.32 Å². The molecule has 0 saturated carbocycles. The Balaban J connectivity index is 2.23. The number of likely N-dealkylation sites (N-methyl/N-ethyl adjacent to an activating group) is 1. The van der Waals surface area contributed by atoms with Crippen molar-refractivity contribution in [1.29, 1.82) is 0 Å². The summed E-state index contributed by atoms with van der Waals surface area (Å²) in [5.74, 6) is 0.878. The highest BCUT2D eigenvalue weighted by Gasteiger charge is 2.24. The molecule has 0 aliphatic carbocycles. The molecule has 1 aliphatic heterocycles. The van der Waals surface area contributed by atoms with Crippen LogP contribution in [0.15, 0.2) is 29.3 Å². The van der Waals surface area contributed by atoms with Gasteiger partial charge in [-0.25, -0.2) is 0 Å². The first kappa shape index (κ1) is 20.0. The molecule has 140 valence electrons. The smallest absolute Gasteiger partial charge is 0.194 e. The van der Waals surface area contributed by atoms with E-state index in [4.69, 9.17) is 16.6 Å². The van der Waals surface area contributed by atoms with E-state index in [2.05, 4.69) is 42.0 Å². The summed E-state index contributed by atoms with van der Waals surface area (Å²) in [4.78, 5) is 9.41. The van der Waals surface area contributed by atoms with Crippen molar-refractivity contribution >= 4 is 17.6 Å². The van der Waals surface area contributed by atoms with Crippen molar-refractivity contribution < 1.29 is 5.11 Å². The summed E-state index contributed by atoms with van der Waals surface area (Å²) in [5.41, 5.74) is 1.12. The Morgan fingerprint density at radius 2 is 2.08 bits per heavy atom. The van der Waals surface area contributed by atoms with E-state index in [1.807, 2.05) is 18.2 Å². The Kier molecular flexibility index (Phi) is 8.00. The molecule has 0 radical (unpaired) electrons. The highest BCUT2D eigenvalue weighted by atomic mass is 35.5. The van der Waals surface area contributed by atoms with Gasteiger partial charge < -0.3 is 15.3 Å². The van der Waals surface area contributed by atoms with Crippen molar-refractivity contribution in [1.82, 2.24) is 15.1 Å². The molecule has 2 rings (SSSR count). The fraction of sp³-hybridized carbons (Fsp3) is 0.632. The second-order valence-electron chi connectivity index (χ2n) is 6.34. The van der Waals surface area contributed by atoms with Crippen LogP contribution in [-0.2, 0) is 0 Å². The number of rotatable bonds is 7. The fourth-order valence-corrected chi connectivity index (χ4v) is 3.61. The van der Waals surface area contributed by atoms with Crippen LogP contribution in [0.3, 0.4) is 0 Å². The van der Waals surface area contributed by atoms with Crippen LogP contribution in [0.1, 0.15) is 38.8 Å². The van der Waals surface area contributed by atoms with E-state index < -0.39 is 0 Å². The van der Waals surface area contributed by atoms with Gasteiger partial charge in [-0.1, -0.05) is 43.6 Å². The van der Waals surface area contributed by atoms with E-state index in [1.54, 1.807) is 0 Å². The maximum Gasteiger partial charge on any atom is 0.194 e. The highest BCUT2D eigenvalue weighted by molar-refractivity contribution is 6.31. The van der Waals surface area contributed by atoms with Gasteiger partial charge in [0.1, 0.15) is 0 Å². The normalized spacial score (nSPS) is 19.5. The third-order valence-corrected chi connectivity index (χ3v) is 5.07. The van der Waals surface area contributed by atoms with Crippen molar-refractivity contribution in [3.05, 3.63) is 34.9 Å². The number of hydrogen-bond donors (Lipinski definition) is 2. The van der Waals surface area contributed by atoms with E-state index >= 15 is 0 Å². The van der Waals surface area contributed by atoms with E-state index in [0.29, 0.717) is 13.1 Å². The maximum absolute atomic E-state index is 9.82. The molecular formula is C19H31ClN4O. The molecule has 0 bridgehead atoms. The topological polar surface area (TPSA) is 51.1 Å². The Hall–Kier alpha value is -1.30. The molecule has 1 aromatic rings. The lowest BCUT2D eigenvalue weighted by atomic mass is 10.1. The van der Waals surface area contributed by atoms with Gasteiger partial charge in [0.25, 0.3) is 0 Å². The quantitative estimate of drug-likeness (QED) is 0.575. The SMILES string of the molecule is CCNC(=NCC(c1ccccc1Cl)N(CC)CC)N1CC[C@@H](O)C1. The number of nitrogens with zero attached hydrogens (tertiary/aromatic N) is 3. The first-order valence-corrected chi connectivity index (χ1v) is 9.68. The number of hydrogen-bond acceptors (Lipinski definition) is 3. The number of nitrogens with one attached hydrogen (secondary N) is 1. The summed E-state index contributed by atoms with van der Waals surface area (Å²) in [6.45, 7) is 11.2. The van der Waals surface area contributed by atoms with E-state index in [0.717, 1.165) is 49.1 Å². The van der Waals surface area contributed by atoms with E-state index in [9.17, 15) is 5.11 Å². The van der Waals surface area contributed by atoms with Crippen LogP contribution >= 0.6 is 11.6 Å². The third-order valence-electron chi connectivity index (χ3n) is 4.73. The molecule has 0 amide bonds. The lowest BCUT2D eigenvalue weighted by Gasteiger charge is -2.30. The second kappa shape index (κ2) is 10.00. The van der Waals surface area contributed by atoms with Gasteiger partial charge in [-0.3, -0.25) is 9.89 Å². The molecule has 1 aromatic carbocycles. The summed E-state index contributed by atoms with van der Waals surface area (Å²) in [6, 6.07) is 8.17. The van der Waals surface area contributed by atoms with Gasteiger partial charge in [0.15, 0.2) is 5.96 Å². The van der Waals surface area contributed by atoms with Crippen molar-refractivity contribution in [3.8, 4) is 0 Å². The predicted molar refractivity (Wildman–Crippen MR) is 105 cm³/mol.